The molecular weight excluding hydrogens is 363 g/mol. The van der Waals surface area contributed by atoms with Crippen molar-refractivity contribution in [2.45, 2.75) is 18.9 Å². The number of halogens is 2. The van der Waals surface area contributed by atoms with Gasteiger partial charge in [0.25, 0.3) is 5.91 Å². The molecule has 2 rings (SSSR count). The Kier molecular flexibility index (Phi) is 6.13. The molecule has 6 nitrogen and oxygen atoms in total. The van der Waals surface area contributed by atoms with Crippen LogP contribution in [-0.2, 0) is 14.8 Å². The van der Waals surface area contributed by atoms with Crippen LogP contribution in [0.1, 0.15) is 12.8 Å². The summed E-state index contributed by atoms with van der Waals surface area (Å²) in [5.41, 5.74) is 0. The minimum absolute atomic E-state index is 0.0750. The molecule has 0 unspecified atom stereocenters. The lowest BCUT2D eigenvalue weighted by atomic mass is 10.3. The highest BCUT2D eigenvalue weighted by Gasteiger charge is 2.34. The highest BCUT2D eigenvalue weighted by molar-refractivity contribution is 7.88. The van der Waals surface area contributed by atoms with Gasteiger partial charge >= 0.3 is 0 Å². The summed E-state index contributed by atoms with van der Waals surface area (Å²) in [6.45, 7) is 0.292. The lowest BCUT2D eigenvalue weighted by Crippen LogP contribution is -2.40. The van der Waals surface area contributed by atoms with Crippen LogP contribution in [0.25, 0.3) is 0 Å². The van der Waals surface area contributed by atoms with Crippen LogP contribution in [-0.4, -0.2) is 50.6 Å². The van der Waals surface area contributed by atoms with Gasteiger partial charge < -0.3 is 10.1 Å². The Morgan fingerprint density at radius 2 is 2.09 bits per heavy atom. The summed E-state index contributed by atoms with van der Waals surface area (Å²) in [6.07, 6.45) is 2.93. The molecule has 128 valence electrons. The van der Waals surface area contributed by atoms with Crippen molar-refractivity contribution in [3.05, 3.63) is 28.2 Å². The monoisotopic (exact) mass is 380 g/mol. The van der Waals surface area contributed by atoms with E-state index in [9.17, 15) is 13.2 Å². The fourth-order valence-corrected chi connectivity index (χ4v) is 3.71. The van der Waals surface area contributed by atoms with Gasteiger partial charge in [0.1, 0.15) is 5.75 Å². The number of sulfonamides is 1. The van der Waals surface area contributed by atoms with Crippen molar-refractivity contribution in [3.63, 3.8) is 0 Å². The number of carbonyl (C=O) groups is 1. The zero-order valence-electron chi connectivity index (χ0n) is 12.6. The van der Waals surface area contributed by atoms with E-state index in [-0.39, 0.29) is 31.6 Å². The maximum atomic E-state index is 11.7. The number of benzene rings is 1. The van der Waals surface area contributed by atoms with Gasteiger partial charge in [-0.2, -0.15) is 4.31 Å². The molecule has 0 radical (unpaired) electrons. The third kappa shape index (κ3) is 5.84. The summed E-state index contributed by atoms with van der Waals surface area (Å²) in [5, 5.41) is 3.43. The molecule has 1 aromatic carbocycles. The molecular formula is C14H18Cl2N2O4S. The largest absolute Gasteiger partial charge is 0.482 e. The molecule has 1 N–H and O–H groups in total. The lowest BCUT2D eigenvalue weighted by Gasteiger charge is -2.19. The summed E-state index contributed by atoms with van der Waals surface area (Å²) in [5.74, 6) is 0.0159. The van der Waals surface area contributed by atoms with Crippen molar-refractivity contribution in [2.24, 2.45) is 0 Å². The van der Waals surface area contributed by atoms with E-state index in [2.05, 4.69) is 5.32 Å². The van der Waals surface area contributed by atoms with Gasteiger partial charge in [-0.25, -0.2) is 8.42 Å². The second kappa shape index (κ2) is 7.70. The maximum Gasteiger partial charge on any atom is 0.257 e. The molecule has 1 fully saturated rings. The van der Waals surface area contributed by atoms with Gasteiger partial charge in [-0.05, 0) is 31.0 Å². The second-order valence-corrected chi connectivity index (χ2v) is 8.10. The minimum atomic E-state index is -3.24. The predicted molar refractivity (Wildman–Crippen MR) is 89.5 cm³/mol. The topological polar surface area (TPSA) is 75.7 Å². The average Bonchev–Trinajstić information content (AvgIpc) is 3.25. The molecule has 0 spiro atoms. The SMILES string of the molecule is CS(=O)(=O)N(CCNC(=O)COc1ccc(Cl)cc1Cl)C1CC1. The molecule has 1 aliphatic carbocycles. The Labute approximate surface area is 145 Å². The highest BCUT2D eigenvalue weighted by atomic mass is 35.5. The van der Waals surface area contributed by atoms with E-state index in [1.165, 1.54) is 16.6 Å². The summed E-state index contributed by atoms with van der Waals surface area (Å²) >= 11 is 11.7. The van der Waals surface area contributed by atoms with Gasteiger partial charge in [-0.3, -0.25) is 4.79 Å². The molecule has 0 heterocycles. The molecule has 23 heavy (non-hydrogen) atoms. The smallest absolute Gasteiger partial charge is 0.257 e. The quantitative estimate of drug-likeness (QED) is 0.747. The molecule has 1 amide bonds. The summed E-state index contributed by atoms with van der Waals surface area (Å²) in [4.78, 5) is 11.7. The average molecular weight is 381 g/mol. The first kappa shape index (κ1) is 18.3. The van der Waals surface area contributed by atoms with E-state index >= 15 is 0 Å². The van der Waals surface area contributed by atoms with E-state index in [0.717, 1.165) is 12.8 Å². The fraction of sp³-hybridized carbons (Fsp3) is 0.500. The Balaban J connectivity index is 1.74. The summed E-state index contributed by atoms with van der Waals surface area (Å²) in [6, 6.07) is 4.79. The number of carbonyl (C=O) groups excluding carboxylic acids is 1. The maximum absolute atomic E-state index is 11.7. The minimum Gasteiger partial charge on any atom is -0.482 e. The number of nitrogens with one attached hydrogen (secondary N) is 1. The molecule has 1 aliphatic rings. The molecule has 0 atom stereocenters. The number of hydrogen-bond donors (Lipinski definition) is 1. The summed E-state index contributed by atoms with van der Waals surface area (Å²) < 4.78 is 30.0. The fourth-order valence-electron chi connectivity index (χ4n) is 2.07. The first-order valence-electron chi connectivity index (χ1n) is 7.09. The van der Waals surface area contributed by atoms with Crippen molar-refractivity contribution < 1.29 is 17.9 Å². The number of ether oxygens (including phenoxy) is 1. The molecule has 0 bridgehead atoms. The van der Waals surface area contributed by atoms with Crippen LogP contribution in [0.5, 0.6) is 5.75 Å². The van der Waals surface area contributed by atoms with Gasteiger partial charge in [0, 0.05) is 24.2 Å². The first-order chi connectivity index (χ1) is 10.8. The van der Waals surface area contributed by atoms with Crippen LogP contribution < -0.4 is 10.1 Å². The van der Waals surface area contributed by atoms with Crippen LogP contribution in [0.2, 0.25) is 10.0 Å². The third-order valence-electron chi connectivity index (χ3n) is 3.29. The van der Waals surface area contributed by atoms with Crippen molar-refractivity contribution in [1.82, 2.24) is 9.62 Å². The molecule has 0 aliphatic heterocycles. The second-order valence-electron chi connectivity index (χ2n) is 5.32. The van der Waals surface area contributed by atoms with Gasteiger partial charge in [0.15, 0.2) is 6.61 Å². The Morgan fingerprint density at radius 3 is 2.65 bits per heavy atom. The van der Waals surface area contributed by atoms with Crippen molar-refractivity contribution in [2.75, 3.05) is 26.0 Å². The zero-order chi connectivity index (χ0) is 17.0. The van der Waals surface area contributed by atoms with Crippen LogP contribution in [0, 0.1) is 0 Å². The Bertz CT molecular complexity index is 677. The van der Waals surface area contributed by atoms with Gasteiger partial charge in [0.05, 0.1) is 11.3 Å². The summed E-state index contributed by atoms with van der Waals surface area (Å²) in [7, 11) is -3.24. The van der Waals surface area contributed by atoms with E-state index in [1.54, 1.807) is 12.1 Å². The number of rotatable bonds is 8. The van der Waals surface area contributed by atoms with Crippen LogP contribution >= 0.6 is 23.2 Å². The highest BCUT2D eigenvalue weighted by Crippen LogP contribution is 2.28. The normalized spacial score (nSPS) is 14.8. The van der Waals surface area contributed by atoms with Gasteiger partial charge in [-0.15, -0.1) is 0 Å². The molecule has 0 aromatic heterocycles. The zero-order valence-corrected chi connectivity index (χ0v) is 14.9. The van der Waals surface area contributed by atoms with Gasteiger partial charge in [-0.1, -0.05) is 23.2 Å². The van der Waals surface area contributed by atoms with Crippen LogP contribution in [0.15, 0.2) is 18.2 Å². The van der Waals surface area contributed by atoms with Crippen LogP contribution in [0.3, 0.4) is 0 Å². The van der Waals surface area contributed by atoms with Gasteiger partial charge in [0.2, 0.25) is 10.0 Å². The predicted octanol–water partition coefficient (Wildman–Crippen LogP) is 1.91. The Morgan fingerprint density at radius 1 is 1.39 bits per heavy atom. The van der Waals surface area contributed by atoms with E-state index in [0.29, 0.717) is 15.8 Å². The lowest BCUT2D eigenvalue weighted by molar-refractivity contribution is -0.123. The molecule has 1 saturated carbocycles. The van der Waals surface area contributed by atoms with Crippen molar-refractivity contribution in [3.8, 4) is 5.75 Å². The molecule has 1 aromatic rings. The van der Waals surface area contributed by atoms with E-state index in [4.69, 9.17) is 27.9 Å². The molecule has 9 heteroatoms. The molecule has 0 saturated heterocycles. The number of hydrogen-bond acceptors (Lipinski definition) is 4. The number of amides is 1. The first-order valence-corrected chi connectivity index (χ1v) is 9.69. The van der Waals surface area contributed by atoms with Crippen LogP contribution in [0.4, 0.5) is 0 Å². The van der Waals surface area contributed by atoms with Crippen molar-refractivity contribution in [1.29, 1.82) is 0 Å². The van der Waals surface area contributed by atoms with E-state index < -0.39 is 10.0 Å². The number of nitrogens with zero attached hydrogens (tertiary/aromatic N) is 1. The van der Waals surface area contributed by atoms with Crippen molar-refractivity contribution >= 4 is 39.1 Å². The standard InChI is InChI=1S/C14H18Cl2N2O4S/c1-23(20,21)18(11-3-4-11)7-6-17-14(19)9-22-13-5-2-10(15)8-12(13)16/h2,5,8,11H,3-4,6-7,9H2,1H3,(H,17,19). The Hall–Kier alpha value is -1.02. The third-order valence-corrected chi connectivity index (χ3v) is 5.15. The van der Waals surface area contributed by atoms with E-state index in [1.807, 2.05) is 0 Å².